The van der Waals surface area contributed by atoms with Crippen molar-refractivity contribution >= 4 is 12.2 Å². The lowest BCUT2D eigenvalue weighted by Gasteiger charge is -2.47. The fourth-order valence-electron chi connectivity index (χ4n) is 4.55. The van der Waals surface area contributed by atoms with Gasteiger partial charge in [0.2, 0.25) is 0 Å². The number of benzene rings is 1. The van der Waals surface area contributed by atoms with Gasteiger partial charge in [0.15, 0.2) is 0 Å². The number of rotatable bonds is 6. The SMILES string of the molecule is CC1(N(C2CC2)[C@@H]2CCCN(C(=O)NCc3ccc(OC(F)(F)F)cc3F)C2)C=CC=NN1. The van der Waals surface area contributed by atoms with Crippen LogP contribution >= 0.6 is 0 Å². The number of carbonyl (C=O) groups excluding carboxylic acids is 1. The number of carbonyl (C=O) groups is 1. The maximum absolute atomic E-state index is 14.2. The minimum atomic E-state index is -4.90. The van der Waals surface area contributed by atoms with Gasteiger partial charge in [-0.25, -0.2) is 9.18 Å². The number of hydrogen-bond acceptors (Lipinski definition) is 5. The van der Waals surface area contributed by atoms with Crippen molar-refractivity contribution in [2.45, 2.75) is 63.3 Å². The van der Waals surface area contributed by atoms with Gasteiger partial charge in [-0.1, -0.05) is 6.07 Å². The standard InChI is InChI=1S/C22H27F4N5O2/c1-21(9-3-10-28-29-21)31(16-6-7-16)17-4-2-11-30(14-17)20(32)27-13-15-5-8-18(12-19(15)23)33-22(24,25)26/h3,5,8-10,12,16-17,29H,2,4,6-7,11,13-14H2,1H3,(H,27,32)/t17-,21?/m1/s1. The average molecular weight is 469 g/mol. The lowest BCUT2D eigenvalue weighted by atomic mass is 9.99. The first-order valence-electron chi connectivity index (χ1n) is 11.0. The van der Waals surface area contributed by atoms with Crippen molar-refractivity contribution < 1.29 is 27.1 Å². The van der Waals surface area contributed by atoms with Crippen LogP contribution in [0.5, 0.6) is 5.75 Å². The van der Waals surface area contributed by atoms with Crippen molar-refractivity contribution in [1.29, 1.82) is 0 Å². The zero-order valence-electron chi connectivity index (χ0n) is 18.2. The third-order valence-electron chi connectivity index (χ3n) is 6.11. The Hall–Kier alpha value is -2.82. The molecule has 1 unspecified atom stereocenters. The predicted octanol–water partition coefficient (Wildman–Crippen LogP) is 3.72. The fraction of sp³-hybridized carbons (Fsp3) is 0.545. The van der Waals surface area contributed by atoms with Gasteiger partial charge in [-0.2, -0.15) is 5.10 Å². The number of piperidine rings is 1. The molecule has 1 saturated heterocycles. The second kappa shape index (κ2) is 9.20. The van der Waals surface area contributed by atoms with Crippen LogP contribution in [-0.2, 0) is 6.54 Å². The van der Waals surface area contributed by atoms with Gasteiger partial charge < -0.3 is 15.0 Å². The second-order valence-corrected chi connectivity index (χ2v) is 8.74. The van der Waals surface area contributed by atoms with Crippen LogP contribution < -0.4 is 15.5 Å². The molecule has 1 aliphatic carbocycles. The minimum absolute atomic E-state index is 0.0768. The number of urea groups is 1. The van der Waals surface area contributed by atoms with Crippen molar-refractivity contribution in [3.05, 3.63) is 41.7 Å². The van der Waals surface area contributed by atoms with Gasteiger partial charge in [0.1, 0.15) is 17.2 Å². The van der Waals surface area contributed by atoms with Gasteiger partial charge in [0, 0.05) is 49.6 Å². The van der Waals surface area contributed by atoms with Gasteiger partial charge in [-0.05, 0) is 50.8 Å². The minimum Gasteiger partial charge on any atom is -0.406 e. The Kier molecular flexibility index (Phi) is 6.51. The van der Waals surface area contributed by atoms with E-state index < -0.39 is 23.6 Å². The Bertz CT molecular complexity index is 934. The second-order valence-electron chi connectivity index (χ2n) is 8.74. The van der Waals surface area contributed by atoms with Crippen LogP contribution in [0.4, 0.5) is 22.4 Å². The number of allylic oxidation sites excluding steroid dienone is 1. The van der Waals surface area contributed by atoms with E-state index in [-0.39, 0.29) is 24.2 Å². The molecule has 0 spiro atoms. The number of hydrogen-bond donors (Lipinski definition) is 2. The van der Waals surface area contributed by atoms with E-state index in [2.05, 4.69) is 38.5 Å². The molecule has 7 nitrogen and oxygen atoms in total. The van der Waals surface area contributed by atoms with Crippen molar-refractivity contribution in [2.24, 2.45) is 5.10 Å². The van der Waals surface area contributed by atoms with E-state index in [1.54, 1.807) is 11.1 Å². The van der Waals surface area contributed by atoms with E-state index >= 15 is 0 Å². The average Bonchev–Trinajstić information content (AvgIpc) is 3.57. The molecule has 2 aliphatic heterocycles. The summed E-state index contributed by atoms with van der Waals surface area (Å²) in [5, 5.41) is 6.89. The lowest BCUT2D eigenvalue weighted by Crippen LogP contribution is -2.63. The molecule has 2 atom stereocenters. The van der Waals surface area contributed by atoms with E-state index in [4.69, 9.17) is 0 Å². The first-order valence-corrected chi connectivity index (χ1v) is 11.0. The van der Waals surface area contributed by atoms with Gasteiger partial charge in [-0.3, -0.25) is 10.3 Å². The van der Waals surface area contributed by atoms with Crippen LogP contribution in [-0.4, -0.2) is 59.2 Å². The molecule has 3 aliphatic rings. The molecular formula is C22H27F4N5O2. The summed E-state index contributed by atoms with van der Waals surface area (Å²) in [6.45, 7) is 3.05. The molecule has 11 heteroatoms. The van der Waals surface area contributed by atoms with Gasteiger partial charge in [-0.15, -0.1) is 13.2 Å². The van der Waals surface area contributed by atoms with Gasteiger partial charge in [0.05, 0.1) is 0 Å². The first-order chi connectivity index (χ1) is 15.6. The van der Waals surface area contributed by atoms with Crippen LogP contribution in [0.3, 0.4) is 0 Å². The molecule has 0 bridgehead atoms. The maximum atomic E-state index is 14.2. The maximum Gasteiger partial charge on any atom is 0.573 e. The lowest BCUT2D eigenvalue weighted by molar-refractivity contribution is -0.274. The van der Waals surface area contributed by atoms with Crippen LogP contribution in [0.25, 0.3) is 0 Å². The predicted molar refractivity (Wildman–Crippen MR) is 114 cm³/mol. The normalized spacial score (nSPS) is 25.2. The summed E-state index contributed by atoms with van der Waals surface area (Å²) in [5.74, 6) is -1.52. The molecular weight excluding hydrogens is 442 g/mol. The fourth-order valence-corrected chi connectivity index (χ4v) is 4.55. The Morgan fingerprint density at radius 1 is 1.33 bits per heavy atom. The topological polar surface area (TPSA) is 69.2 Å². The summed E-state index contributed by atoms with van der Waals surface area (Å²) in [5.41, 5.74) is 2.85. The summed E-state index contributed by atoms with van der Waals surface area (Å²) >= 11 is 0. The zero-order valence-corrected chi connectivity index (χ0v) is 18.2. The number of halogens is 4. The van der Waals surface area contributed by atoms with Crippen LogP contribution in [0.1, 0.15) is 38.2 Å². The van der Waals surface area contributed by atoms with E-state index in [0.717, 1.165) is 31.7 Å². The van der Waals surface area contributed by atoms with Crippen LogP contribution in [0, 0.1) is 5.82 Å². The molecule has 0 aromatic heterocycles. The molecule has 2 amide bonds. The van der Waals surface area contributed by atoms with Crippen molar-refractivity contribution in [2.75, 3.05) is 13.1 Å². The summed E-state index contributed by atoms with van der Waals surface area (Å²) < 4.78 is 54.8. The van der Waals surface area contributed by atoms with E-state index in [9.17, 15) is 22.4 Å². The smallest absolute Gasteiger partial charge is 0.406 e. The van der Waals surface area contributed by atoms with Crippen LogP contribution in [0.2, 0.25) is 0 Å². The summed E-state index contributed by atoms with van der Waals surface area (Å²) in [7, 11) is 0. The number of hydrazone groups is 1. The third kappa shape index (κ3) is 5.76. The Labute approximate surface area is 189 Å². The van der Waals surface area contributed by atoms with Crippen LogP contribution in [0.15, 0.2) is 35.5 Å². The van der Waals surface area contributed by atoms with E-state index in [0.29, 0.717) is 25.2 Å². The molecule has 0 radical (unpaired) electrons. The van der Waals surface area contributed by atoms with E-state index in [1.165, 1.54) is 6.07 Å². The molecule has 2 N–H and O–H groups in total. The Morgan fingerprint density at radius 3 is 2.76 bits per heavy atom. The quantitative estimate of drug-likeness (QED) is 0.624. The molecule has 2 fully saturated rings. The third-order valence-corrected chi connectivity index (χ3v) is 6.11. The summed E-state index contributed by atoms with van der Waals surface area (Å²) in [4.78, 5) is 16.9. The van der Waals surface area contributed by atoms with Gasteiger partial charge in [0.25, 0.3) is 0 Å². The highest BCUT2D eigenvalue weighted by atomic mass is 19.4. The molecule has 180 valence electrons. The zero-order chi connectivity index (χ0) is 23.6. The molecule has 1 aromatic carbocycles. The highest BCUT2D eigenvalue weighted by Gasteiger charge is 2.45. The first kappa shape index (κ1) is 23.3. The van der Waals surface area contributed by atoms with Gasteiger partial charge >= 0.3 is 12.4 Å². The van der Waals surface area contributed by atoms with Crippen molar-refractivity contribution in [3.63, 3.8) is 0 Å². The number of ether oxygens (including phenoxy) is 1. The molecule has 1 aromatic rings. The Balaban J connectivity index is 1.36. The number of likely N-dealkylation sites (tertiary alicyclic amines) is 1. The number of alkyl halides is 3. The highest BCUT2D eigenvalue weighted by Crippen LogP contribution is 2.37. The number of amides is 2. The van der Waals surface area contributed by atoms with Crippen molar-refractivity contribution in [3.8, 4) is 5.75 Å². The van der Waals surface area contributed by atoms with E-state index in [1.807, 2.05) is 6.08 Å². The number of nitrogens with one attached hydrogen (secondary N) is 2. The molecule has 2 heterocycles. The molecule has 33 heavy (non-hydrogen) atoms. The Morgan fingerprint density at radius 2 is 2.12 bits per heavy atom. The van der Waals surface area contributed by atoms with Crippen molar-refractivity contribution in [1.82, 2.24) is 20.5 Å². The summed E-state index contributed by atoms with van der Waals surface area (Å²) in [6, 6.07) is 3.10. The summed E-state index contributed by atoms with van der Waals surface area (Å²) in [6.07, 6.45) is 4.79. The monoisotopic (exact) mass is 469 g/mol. The number of nitrogens with zero attached hydrogens (tertiary/aromatic N) is 3. The largest absolute Gasteiger partial charge is 0.573 e. The highest BCUT2D eigenvalue weighted by molar-refractivity contribution is 5.74. The molecule has 4 rings (SSSR count). The molecule has 1 saturated carbocycles.